The fourth-order valence-corrected chi connectivity index (χ4v) is 2.47. The number of nitrogens with zero attached hydrogens (tertiary/aromatic N) is 3. The standard InChI is InChI=1S/C21H19N3O4/c1-27-17-9-3-6-14(19(17)25)12-23-16-8-5-11-22-21(16)24-13-15-7-4-10-18(28-2)20(15)26/h3-13,25-26H,1-2H3. The van der Waals surface area contributed by atoms with Crippen LogP contribution in [0.25, 0.3) is 0 Å². The molecular weight excluding hydrogens is 358 g/mol. The molecule has 0 bridgehead atoms. The molecule has 0 radical (unpaired) electrons. The maximum absolute atomic E-state index is 10.2. The maximum atomic E-state index is 10.2. The van der Waals surface area contributed by atoms with E-state index in [0.717, 1.165) is 0 Å². The van der Waals surface area contributed by atoms with Crippen molar-refractivity contribution in [2.45, 2.75) is 0 Å². The third-order valence-electron chi connectivity index (χ3n) is 3.93. The van der Waals surface area contributed by atoms with Crippen LogP contribution in [0.5, 0.6) is 23.0 Å². The third-order valence-corrected chi connectivity index (χ3v) is 3.93. The summed E-state index contributed by atoms with van der Waals surface area (Å²) in [6.45, 7) is 0. The van der Waals surface area contributed by atoms with E-state index in [2.05, 4.69) is 15.0 Å². The molecule has 0 aliphatic carbocycles. The van der Waals surface area contributed by atoms with E-state index >= 15 is 0 Å². The van der Waals surface area contributed by atoms with Gasteiger partial charge in [0.25, 0.3) is 0 Å². The molecule has 1 aromatic heterocycles. The number of ether oxygens (including phenoxy) is 2. The second-order valence-corrected chi connectivity index (χ2v) is 5.66. The average Bonchev–Trinajstić information content (AvgIpc) is 2.73. The Morgan fingerprint density at radius 3 is 1.93 bits per heavy atom. The zero-order chi connectivity index (χ0) is 19.9. The summed E-state index contributed by atoms with van der Waals surface area (Å²) < 4.78 is 10.2. The molecule has 0 saturated carbocycles. The van der Waals surface area contributed by atoms with Crippen LogP contribution >= 0.6 is 0 Å². The zero-order valence-corrected chi connectivity index (χ0v) is 15.4. The van der Waals surface area contributed by atoms with Gasteiger partial charge in [-0.15, -0.1) is 0 Å². The smallest absolute Gasteiger partial charge is 0.178 e. The summed E-state index contributed by atoms with van der Waals surface area (Å²) >= 11 is 0. The van der Waals surface area contributed by atoms with Gasteiger partial charge in [0.15, 0.2) is 28.8 Å². The normalized spacial score (nSPS) is 11.2. The van der Waals surface area contributed by atoms with Gasteiger partial charge >= 0.3 is 0 Å². The van der Waals surface area contributed by atoms with E-state index in [0.29, 0.717) is 34.1 Å². The summed E-state index contributed by atoms with van der Waals surface area (Å²) in [6, 6.07) is 13.7. The molecule has 7 nitrogen and oxygen atoms in total. The molecule has 28 heavy (non-hydrogen) atoms. The lowest BCUT2D eigenvalue weighted by Crippen LogP contribution is -1.89. The predicted octanol–water partition coefficient (Wildman–Crippen LogP) is 4.01. The van der Waals surface area contributed by atoms with Crippen molar-refractivity contribution >= 4 is 23.9 Å². The van der Waals surface area contributed by atoms with Crippen molar-refractivity contribution in [2.24, 2.45) is 9.98 Å². The molecule has 0 spiro atoms. The van der Waals surface area contributed by atoms with Gasteiger partial charge in [-0.2, -0.15) is 0 Å². The lowest BCUT2D eigenvalue weighted by Gasteiger charge is -2.06. The van der Waals surface area contributed by atoms with Crippen molar-refractivity contribution < 1.29 is 19.7 Å². The highest BCUT2D eigenvalue weighted by molar-refractivity contribution is 5.89. The largest absolute Gasteiger partial charge is 0.504 e. The number of methoxy groups -OCH3 is 2. The van der Waals surface area contributed by atoms with Crippen LogP contribution in [-0.2, 0) is 0 Å². The first-order valence-corrected chi connectivity index (χ1v) is 8.39. The Bertz CT molecular complexity index is 949. The first kappa shape index (κ1) is 18.9. The van der Waals surface area contributed by atoms with Crippen LogP contribution in [-0.4, -0.2) is 41.8 Å². The molecule has 0 unspecified atom stereocenters. The molecular formula is C21H19N3O4. The lowest BCUT2D eigenvalue weighted by molar-refractivity contribution is 0.373. The fraction of sp³-hybridized carbons (Fsp3) is 0.0952. The summed E-state index contributed by atoms with van der Waals surface area (Å²) in [6.07, 6.45) is 4.60. The number of benzene rings is 2. The van der Waals surface area contributed by atoms with Gasteiger partial charge in [-0.3, -0.25) is 4.99 Å². The van der Waals surface area contributed by atoms with E-state index in [9.17, 15) is 10.2 Å². The minimum absolute atomic E-state index is 0.00367. The van der Waals surface area contributed by atoms with Crippen LogP contribution in [0.2, 0.25) is 0 Å². The van der Waals surface area contributed by atoms with Gasteiger partial charge in [0.05, 0.1) is 14.2 Å². The molecule has 3 rings (SSSR count). The van der Waals surface area contributed by atoms with E-state index in [1.165, 1.54) is 26.6 Å². The van der Waals surface area contributed by atoms with Gasteiger partial charge in [-0.05, 0) is 36.4 Å². The molecule has 0 fully saturated rings. The number of pyridine rings is 1. The van der Waals surface area contributed by atoms with Crippen LogP contribution in [0.1, 0.15) is 11.1 Å². The molecule has 0 saturated heterocycles. The minimum atomic E-state index is -0.00367. The second kappa shape index (κ2) is 8.68. The van der Waals surface area contributed by atoms with Crippen molar-refractivity contribution in [3.05, 3.63) is 65.9 Å². The number of aliphatic imine (C=N–C) groups is 2. The Labute approximate surface area is 162 Å². The zero-order valence-electron chi connectivity index (χ0n) is 15.4. The van der Waals surface area contributed by atoms with Gasteiger partial charge in [0, 0.05) is 29.8 Å². The molecule has 0 aliphatic heterocycles. The van der Waals surface area contributed by atoms with Crippen molar-refractivity contribution in [1.82, 2.24) is 4.98 Å². The molecule has 3 aromatic rings. The fourth-order valence-electron chi connectivity index (χ4n) is 2.47. The number of aromatic nitrogens is 1. The molecule has 0 atom stereocenters. The Morgan fingerprint density at radius 1 is 0.786 bits per heavy atom. The van der Waals surface area contributed by atoms with E-state index in [1.54, 1.807) is 54.7 Å². The van der Waals surface area contributed by atoms with Crippen LogP contribution < -0.4 is 9.47 Å². The van der Waals surface area contributed by atoms with Gasteiger partial charge in [0.1, 0.15) is 5.69 Å². The Hall–Kier alpha value is -3.87. The first-order chi connectivity index (χ1) is 13.6. The van der Waals surface area contributed by atoms with Gasteiger partial charge in [-0.25, -0.2) is 9.98 Å². The Balaban J connectivity index is 1.90. The van der Waals surface area contributed by atoms with Gasteiger partial charge in [0.2, 0.25) is 0 Å². The van der Waals surface area contributed by atoms with Crippen molar-refractivity contribution in [2.75, 3.05) is 14.2 Å². The molecule has 1 heterocycles. The Kier molecular flexibility index (Phi) is 5.86. The third kappa shape index (κ3) is 4.09. The number of para-hydroxylation sites is 2. The number of aromatic hydroxyl groups is 2. The number of phenols is 2. The monoisotopic (exact) mass is 377 g/mol. The van der Waals surface area contributed by atoms with E-state index in [4.69, 9.17) is 9.47 Å². The molecule has 2 aromatic carbocycles. The molecule has 142 valence electrons. The number of rotatable bonds is 6. The molecule has 0 amide bonds. The summed E-state index contributed by atoms with van der Waals surface area (Å²) in [5.41, 5.74) is 1.50. The number of phenolic OH excluding ortho intramolecular Hbond substituents is 2. The van der Waals surface area contributed by atoms with Crippen LogP contribution in [0.3, 0.4) is 0 Å². The van der Waals surface area contributed by atoms with Crippen molar-refractivity contribution in [3.8, 4) is 23.0 Å². The molecule has 7 heteroatoms. The van der Waals surface area contributed by atoms with Crippen LogP contribution in [0, 0.1) is 0 Å². The topological polar surface area (TPSA) is 96.5 Å². The quantitative estimate of drug-likeness (QED) is 0.633. The minimum Gasteiger partial charge on any atom is -0.504 e. The number of hydrogen-bond donors (Lipinski definition) is 2. The molecule has 2 N–H and O–H groups in total. The van der Waals surface area contributed by atoms with Crippen molar-refractivity contribution in [3.63, 3.8) is 0 Å². The van der Waals surface area contributed by atoms with E-state index < -0.39 is 0 Å². The SMILES string of the molecule is COc1cccc(C=Nc2cccnc2N=Cc2cccc(OC)c2O)c1O. The van der Waals surface area contributed by atoms with E-state index in [-0.39, 0.29) is 11.5 Å². The lowest BCUT2D eigenvalue weighted by atomic mass is 10.2. The van der Waals surface area contributed by atoms with Crippen LogP contribution in [0.4, 0.5) is 11.5 Å². The summed E-state index contributed by atoms with van der Waals surface area (Å²) in [7, 11) is 2.97. The first-order valence-electron chi connectivity index (χ1n) is 8.39. The van der Waals surface area contributed by atoms with Gasteiger partial charge in [-0.1, -0.05) is 12.1 Å². The molecule has 0 aliphatic rings. The summed E-state index contributed by atoms with van der Waals surface area (Å²) in [5.74, 6) is 1.09. The highest BCUT2D eigenvalue weighted by atomic mass is 16.5. The highest BCUT2D eigenvalue weighted by Crippen LogP contribution is 2.31. The summed E-state index contributed by atoms with van der Waals surface area (Å²) in [5, 5.41) is 20.3. The predicted molar refractivity (Wildman–Crippen MR) is 108 cm³/mol. The van der Waals surface area contributed by atoms with Crippen molar-refractivity contribution in [1.29, 1.82) is 0 Å². The Morgan fingerprint density at radius 2 is 1.36 bits per heavy atom. The van der Waals surface area contributed by atoms with Gasteiger partial charge < -0.3 is 19.7 Å². The van der Waals surface area contributed by atoms with E-state index in [1.807, 2.05) is 0 Å². The second-order valence-electron chi connectivity index (χ2n) is 5.66. The highest BCUT2D eigenvalue weighted by Gasteiger charge is 2.07. The maximum Gasteiger partial charge on any atom is 0.178 e. The number of hydrogen-bond acceptors (Lipinski definition) is 7. The van der Waals surface area contributed by atoms with Crippen LogP contribution in [0.15, 0.2) is 64.7 Å². The average molecular weight is 377 g/mol. The summed E-state index contributed by atoms with van der Waals surface area (Å²) in [4.78, 5) is 12.9.